The van der Waals surface area contributed by atoms with Crippen LogP contribution < -0.4 is 0 Å². The summed E-state index contributed by atoms with van der Waals surface area (Å²) in [6, 6.07) is 0. The first-order chi connectivity index (χ1) is 6.50. The fourth-order valence-corrected chi connectivity index (χ4v) is 2.32. The number of aliphatic hydroxyl groups excluding tert-OH is 1. The molecule has 0 fully saturated rings. The van der Waals surface area contributed by atoms with Gasteiger partial charge in [0, 0.05) is 6.54 Å². The fourth-order valence-electron chi connectivity index (χ4n) is 1.37. The van der Waals surface area contributed by atoms with Crippen molar-refractivity contribution in [2.45, 2.75) is 26.4 Å². The molecule has 0 aromatic carbocycles. The van der Waals surface area contributed by atoms with Crippen molar-refractivity contribution in [2.24, 2.45) is 0 Å². The number of aliphatic hydroxyl groups is 1. The Bertz CT molecular complexity index is 296. The molecular formula is C10H18N2OS. The first-order valence-corrected chi connectivity index (χ1v) is 5.59. The Labute approximate surface area is 89.4 Å². The van der Waals surface area contributed by atoms with E-state index in [0.717, 1.165) is 28.5 Å². The third-order valence-corrected chi connectivity index (χ3v) is 3.27. The van der Waals surface area contributed by atoms with Gasteiger partial charge in [0.25, 0.3) is 0 Å². The zero-order chi connectivity index (χ0) is 10.7. The van der Waals surface area contributed by atoms with E-state index in [9.17, 15) is 5.11 Å². The van der Waals surface area contributed by atoms with Gasteiger partial charge in [0.15, 0.2) is 0 Å². The minimum Gasteiger partial charge on any atom is -0.387 e. The highest BCUT2D eigenvalue weighted by Gasteiger charge is 2.14. The van der Waals surface area contributed by atoms with Gasteiger partial charge < -0.3 is 10.0 Å². The Morgan fingerprint density at radius 3 is 2.50 bits per heavy atom. The lowest BCUT2D eigenvalue weighted by Gasteiger charge is -2.13. The average Bonchev–Trinajstić information content (AvgIpc) is 2.41. The maximum Gasteiger partial charge on any atom is 0.0913 e. The molecule has 1 aromatic rings. The highest BCUT2D eigenvalue weighted by atomic mass is 32.1. The molecule has 0 amide bonds. The summed E-state index contributed by atoms with van der Waals surface area (Å²) in [5.74, 6) is 0. The number of hydrogen-bond donors (Lipinski definition) is 1. The zero-order valence-corrected chi connectivity index (χ0v) is 10.1. The van der Waals surface area contributed by atoms with Crippen LogP contribution in [0.2, 0.25) is 0 Å². The van der Waals surface area contributed by atoms with E-state index in [1.807, 2.05) is 27.9 Å². The number of thiazole rings is 1. The fraction of sp³-hybridized carbons (Fsp3) is 0.700. The molecule has 1 rings (SSSR count). The van der Waals surface area contributed by atoms with E-state index in [-0.39, 0.29) is 6.10 Å². The average molecular weight is 214 g/mol. The highest BCUT2D eigenvalue weighted by molar-refractivity contribution is 7.11. The molecule has 0 aliphatic rings. The van der Waals surface area contributed by atoms with E-state index >= 15 is 0 Å². The second kappa shape index (κ2) is 4.87. The van der Waals surface area contributed by atoms with Crippen LogP contribution in [-0.4, -0.2) is 35.6 Å². The lowest BCUT2D eigenvalue weighted by atomic mass is 10.2. The molecule has 1 aromatic heterocycles. The minimum atomic E-state index is -0.358. The Morgan fingerprint density at radius 1 is 1.43 bits per heavy atom. The van der Waals surface area contributed by atoms with Gasteiger partial charge in [0.2, 0.25) is 0 Å². The molecule has 0 bridgehead atoms. The van der Waals surface area contributed by atoms with Crippen LogP contribution in [0.15, 0.2) is 0 Å². The number of nitrogens with zero attached hydrogens (tertiary/aromatic N) is 2. The normalized spacial score (nSPS) is 13.6. The quantitative estimate of drug-likeness (QED) is 0.829. The van der Waals surface area contributed by atoms with Gasteiger partial charge in [-0.15, -0.1) is 11.3 Å². The third-order valence-electron chi connectivity index (χ3n) is 2.09. The standard InChI is InChI=1S/C10H18N2OS/c1-7-10(14-8(2)11-7)9(13)5-6-12(3)4/h9,13H,5-6H2,1-4H3. The van der Waals surface area contributed by atoms with Crippen molar-refractivity contribution in [3.8, 4) is 0 Å². The van der Waals surface area contributed by atoms with Crippen molar-refractivity contribution in [3.05, 3.63) is 15.6 Å². The topological polar surface area (TPSA) is 36.4 Å². The molecule has 0 spiro atoms. The van der Waals surface area contributed by atoms with Gasteiger partial charge in [-0.1, -0.05) is 0 Å². The van der Waals surface area contributed by atoms with E-state index < -0.39 is 0 Å². The minimum absolute atomic E-state index is 0.358. The van der Waals surface area contributed by atoms with Gasteiger partial charge in [-0.2, -0.15) is 0 Å². The van der Waals surface area contributed by atoms with E-state index in [4.69, 9.17) is 0 Å². The number of aromatic nitrogens is 1. The van der Waals surface area contributed by atoms with E-state index in [2.05, 4.69) is 9.88 Å². The van der Waals surface area contributed by atoms with Crippen LogP contribution >= 0.6 is 11.3 Å². The monoisotopic (exact) mass is 214 g/mol. The van der Waals surface area contributed by atoms with Crippen LogP contribution in [0.25, 0.3) is 0 Å². The lowest BCUT2D eigenvalue weighted by Crippen LogP contribution is -2.15. The van der Waals surface area contributed by atoms with Gasteiger partial charge in [-0.3, -0.25) is 0 Å². The molecule has 3 nitrogen and oxygen atoms in total. The van der Waals surface area contributed by atoms with Crippen molar-refractivity contribution in [1.82, 2.24) is 9.88 Å². The van der Waals surface area contributed by atoms with Crippen LogP contribution in [-0.2, 0) is 0 Å². The first kappa shape index (κ1) is 11.6. The SMILES string of the molecule is Cc1nc(C)c(C(O)CCN(C)C)s1. The van der Waals surface area contributed by atoms with E-state index in [1.54, 1.807) is 11.3 Å². The smallest absolute Gasteiger partial charge is 0.0913 e. The maximum absolute atomic E-state index is 9.91. The molecule has 1 unspecified atom stereocenters. The molecule has 0 aliphatic heterocycles. The van der Waals surface area contributed by atoms with Crippen LogP contribution in [0.1, 0.15) is 28.1 Å². The molecule has 1 N–H and O–H groups in total. The van der Waals surface area contributed by atoms with Crippen LogP contribution in [0.3, 0.4) is 0 Å². The third kappa shape index (κ3) is 3.04. The van der Waals surface area contributed by atoms with E-state index in [0.29, 0.717) is 0 Å². The molecule has 80 valence electrons. The van der Waals surface area contributed by atoms with Crippen molar-refractivity contribution in [1.29, 1.82) is 0 Å². The van der Waals surface area contributed by atoms with Crippen molar-refractivity contribution >= 4 is 11.3 Å². The number of hydrogen-bond acceptors (Lipinski definition) is 4. The molecule has 0 radical (unpaired) electrons. The summed E-state index contributed by atoms with van der Waals surface area (Å²) in [5, 5.41) is 10.9. The summed E-state index contributed by atoms with van der Waals surface area (Å²) < 4.78 is 0. The Hall–Kier alpha value is -0.450. The van der Waals surface area contributed by atoms with Crippen LogP contribution in [0.4, 0.5) is 0 Å². The lowest BCUT2D eigenvalue weighted by molar-refractivity contribution is 0.157. The van der Waals surface area contributed by atoms with Gasteiger partial charge in [-0.25, -0.2) is 4.98 Å². The summed E-state index contributed by atoms with van der Waals surface area (Å²) in [7, 11) is 4.02. The second-order valence-corrected chi connectivity index (χ2v) is 5.03. The van der Waals surface area contributed by atoms with Crippen LogP contribution in [0, 0.1) is 13.8 Å². The summed E-state index contributed by atoms with van der Waals surface area (Å²) in [6.45, 7) is 4.83. The molecule has 0 saturated carbocycles. The first-order valence-electron chi connectivity index (χ1n) is 4.77. The van der Waals surface area contributed by atoms with Crippen LogP contribution in [0.5, 0.6) is 0 Å². The van der Waals surface area contributed by atoms with Gasteiger partial charge >= 0.3 is 0 Å². The maximum atomic E-state index is 9.91. The van der Waals surface area contributed by atoms with Crippen molar-refractivity contribution in [2.75, 3.05) is 20.6 Å². The Kier molecular flexibility index (Phi) is 4.04. The highest BCUT2D eigenvalue weighted by Crippen LogP contribution is 2.26. The zero-order valence-electron chi connectivity index (χ0n) is 9.24. The summed E-state index contributed by atoms with van der Waals surface area (Å²) in [6.07, 6.45) is 0.416. The summed E-state index contributed by atoms with van der Waals surface area (Å²) >= 11 is 1.59. The number of aryl methyl sites for hydroxylation is 2. The predicted octanol–water partition coefficient (Wildman–Crippen LogP) is 1.75. The molecule has 1 atom stereocenters. The largest absolute Gasteiger partial charge is 0.387 e. The van der Waals surface area contributed by atoms with Gasteiger partial charge in [-0.05, 0) is 34.4 Å². The molecular weight excluding hydrogens is 196 g/mol. The van der Waals surface area contributed by atoms with E-state index in [1.165, 1.54) is 0 Å². The van der Waals surface area contributed by atoms with Gasteiger partial charge in [0.1, 0.15) is 0 Å². The molecule has 0 saturated heterocycles. The Morgan fingerprint density at radius 2 is 2.07 bits per heavy atom. The van der Waals surface area contributed by atoms with Crippen molar-refractivity contribution in [3.63, 3.8) is 0 Å². The predicted molar refractivity (Wildman–Crippen MR) is 59.7 cm³/mol. The molecule has 14 heavy (non-hydrogen) atoms. The summed E-state index contributed by atoms with van der Waals surface area (Å²) in [4.78, 5) is 7.40. The molecule has 0 aliphatic carbocycles. The van der Waals surface area contributed by atoms with Gasteiger partial charge in [0.05, 0.1) is 21.7 Å². The summed E-state index contributed by atoms with van der Waals surface area (Å²) in [5.41, 5.74) is 0.971. The molecule has 4 heteroatoms. The molecule has 1 heterocycles. The van der Waals surface area contributed by atoms with Crippen molar-refractivity contribution < 1.29 is 5.11 Å². The Balaban J connectivity index is 2.60. The second-order valence-electron chi connectivity index (χ2n) is 3.79. The number of rotatable bonds is 4.